The number of aromatic nitrogens is 2. The SMILES string of the molecule is COC(=O)c1cccc(Nc2cnc(C(=O)NCc3ccccc3Cl)cn2)c1. The van der Waals surface area contributed by atoms with Gasteiger partial charge in [-0.2, -0.15) is 0 Å². The highest BCUT2D eigenvalue weighted by atomic mass is 35.5. The normalized spacial score (nSPS) is 10.2. The van der Waals surface area contributed by atoms with Gasteiger partial charge in [0.2, 0.25) is 0 Å². The van der Waals surface area contributed by atoms with Crippen molar-refractivity contribution >= 4 is 35.0 Å². The third-order valence-corrected chi connectivity index (χ3v) is 4.21. The topological polar surface area (TPSA) is 93.2 Å². The summed E-state index contributed by atoms with van der Waals surface area (Å²) in [6.45, 7) is 0.292. The number of carbonyl (C=O) groups is 2. The number of amides is 1. The van der Waals surface area contributed by atoms with Gasteiger partial charge in [-0.25, -0.2) is 14.8 Å². The third kappa shape index (κ3) is 4.83. The largest absolute Gasteiger partial charge is 0.465 e. The predicted octanol–water partition coefficient (Wildman–Crippen LogP) is 3.59. The number of hydrogen-bond acceptors (Lipinski definition) is 6. The van der Waals surface area contributed by atoms with E-state index >= 15 is 0 Å². The van der Waals surface area contributed by atoms with E-state index in [1.807, 2.05) is 18.2 Å². The van der Waals surface area contributed by atoms with Gasteiger partial charge in [-0.1, -0.05) is 35.9 Å². The van der Waals surface area contributed by atoms with Crippen LogP contribution < -0.4 is 10.6 Å². The maximum atomic E-state index is 12.2. The maximum absolute atomic E-state index is 12.2. The Morgan fingerprint density at radius 3 is 2.61 bits per heavy atom. The number of methoxy groups -OCH3 is 1. The zero-order valence-electron chi connectivity index (χ0n) is 15.0. The van der Waals surface area contributed by atoms with Crippen LogP contribution in [0.5, 0.6) is 0 Å². The lowest BCUT2D eigenvalue weighted by Crippen LogP contribution is -2.24. The fourth-order valence-electron chi connectivity index (χ4n) is 2.41. The summed E-state index contributed by atoms with van der Waals surface area (Å²) in [4.78, 5) is 32.1. The molecule has 0 saturated carbocycles. The molecular weight excluding hydrogens is 380 g/mol. The molecule has 0 aliphatic rings. The Balaban J connectivity index is 1.62. The Hall–Kier alpha value is -3.45. The van der Waals surface area contributed by atoms with Crippen molar-refractivity contribution in [3.63, 3.8) is 0 Å². The minimum atomic E-state index is -0.430. The van der Waals surface area contributed by atoms with Crippen LogP contribution in [-0.4, -0.2) is 29.0 Å². The summed E-state index contributed by atoms with van der Waals surface area (Å²) >= 11 is 6.07. The van der Waals surface area contributed by atoms with E-state index in [9.17, 15) is 9.59 Å². The number of anilines is 2. The quantitative estimate of drug-likeness (QED) is 0.618. The zero-order valence-corrected chi connectivity index (χ0v) is 15.7. The van der Waals surface area contributed by atoms with Gasteiger partial charge in [-0.3, -0.25) is 4.79 Å². The highest BCUT2D eigenvalue weighted by Gasteiger charge is 2.10. The molecule has 2 aromatic carbocycles. The van der Waals surface area contributed by atoms with Gasteiger partial charge < -0.3 is 15.4 Å². The average molecular weight is 397 g/mol. The second-order valence-electron chi connectivity index (χ2n) is 5.76. The van der Waals surface area contributed by atoms with Gasteiger partial charge in [-0.05, 0) is 29.8 Å². The van der Waals surface area contributed by atoms with Crippen molar-refractivity contribution < 1.29 is 14.3 Å². The minimum Gasteiger partial charge on any atom is -0.465 e. The second kappa shape index (κ2) is 8.96. The summed E-state index contributed by atoms with van der Waals surface area (Å²) in [6.07, 6.45) is 2.81. The number of carbonyl (C=O) groups excluding carboxylic acids is 2. The first-order chi connectivity index (χ1) is 13.6. The van der Waals surface area contributed by atoms with Crippen molar-refractivity contribution in [3.05, 3.63) is 82.8 Å². The molecule has 0 atom stereocenters. The highest BCUT2D eigenvalue weighted by molar-refractivity contribution is 6.31. The maximum Gasteiger partial charge on any atom is 0.337 e. The van der Waals surface area contributed by atoms with Gasteiger partial charge in [0.15, 0.2) is 0 Å². The van der Waals surface area contributed by atoms with Crippen LogP contribution in [0.15, 0.2) is 60.9 Å². The molecule has 0 bridgehead atoms. The average Bonchev–Trinajstić information content (AvgIpc) is 2.73. The molecule has 0 unspecified atom stereocenters. The lowest BCUT2D eigenvalue weighted by atomic mass is 10.2. The van der Waals surface area contributed by atoms with Crippen molar-refractivity contribution in [2.24, 2.45) is 0 Å². The van der Waals surface area contributed by atoms with E-state index in [0.29, 0.717) is 28.6 Å². The number of nitrogens with one attached hydrogen (secondary N) is 2. The lowest BCUT2D eigenvalue weighted by Gasteiger charge is -2.08. The Kier molecular flexibility index (Phi) is 6.18. The van der Waals surface area contributed by atoms with Gasteiger partial charge in [0.05, 0.1) is 25.1 Å². The second-order valence-corrected chi connectivity index (χ2v) is 6.17. The molecule has 0 aliphatic heterocycles. The predicted molar refractivity (Wildman–Crippen MR) is 106 cm³/mol. The molecular formula is C20H17ClN4O3. The van der Waals surface area contributed by atoms with Gasteiger partial charge in [0.1, 0.15) is 11.5 Å². The third-order valence-electron chi connectivity index (χ3n) is 3.84. The monoisotopic (exact) mass is 396 g/mol. The Morgan fingerprint density at radius 2 is 1.89 bits per heavy atom. The molecule has 8 heteroatoms. The molecule has 28 heavy (non-hydrogen) atoms. The van der Waals surface area contributed by atoms with Gasteiger partial charge in [0.25, 0.3) is 5.91 Å². The fraction of sp³-hybridized carbons (Fsp3) is 0.100. The summed E-state index contributed by atoms with van der Waals surface area (Å²) in [5, 5.41) is 6.36. The van der Waals surface area contributed by atoms with Crippen LogP contribution in [0.1, 0.15) is 26.4 Å². The van der Waals surface area contributed by atoms with Crippen LogP contribution in [0.2, 0.25) is 5.02 Å². The molecule has 3 aromatic rings. The number of benzene rings is 2. The standard InChI is InChI=1S/C20H17ClN4O3/c1-28-20(27)13-6-4-7-15(9-13)25-18-12-22-17(11-23-18)19(26)24-10-14-5-2-3-8-16(14)21/h2-9,11-12H,10H2,1H3,(H,23,25)(H,24,26). The summed E-state index contributed by atoms with van der Waals surface area (Å²) in [5.74, 6) is -0.350. The van der Waals surface area contributed by atoms with Crippen molar-refractivity contribution in [2.45, 2.75) is 6.54 Å². The van der Waals surface area contributed by atoms with Crippen LogP contribution in [0.4, 0.5) is 11.5 Å². The van der Waals surface area contributed by atoms with Gasteiger partial charge in [0, 0.05) is 17.3 Å². The molecule has 1 heterocycles. The molecule has 0 spiro atoms. The number of ether oxygens (including phenoxy) is 1. The molecule has 0 aliphatic carbocycles. The van der Waals surface area contributed by atoms with Crippen LogP contribution in [0.3, 0.4) is 0 Å². The summed E-state index contributed by atoms with van der Waals surface area (Å²) in [6, 6.07) is 14.1. The Bertz CT molecular complexity index is 993. The smallest absolute Gasteiger partial charge is 0.337 e. The molecule has 0 radical (unpaired) electrons. The van der Waals surface area contributed by atoms with Crippen LogP contribution in [0, 0.1) is 0 Å². The molecule has 1 amide bonds. The van der Waals surface area contributed by atoms with E-state index in [2.05, 4.69) is 20.6 Å². The van der Waals surface area contributed by atoms with Crippen molar-refractivity contribution in [1.29, 1.82) is 0 Å². The molecule has 2 N–H and O–H groups in total. The van der Waals surface area contributed by atoms with E-state index in [4.69, 9.17) is 16.3 Å². The number of esters is 1. The van der Waals surface area contributed by atoms with E-state index in [1.165, 1.54) is 19.5 Å². The van der Waals surface area contributed by atoms with Gasteiger partial charge in [-0.15, -0.1) is 0 Å². The minimum absolute atomic E-state index is 0.181. The van der Waals surface area contributed by atoms with Crippen molar-refractivity contribution in [2.75, 3.05) is 12.4 Å². The lowest BCUT2D eigenvalue weighted by molar-refractivity contribution is 0.0600. The summed E-state index contributed by atoms with van der Waals surface area (Å²) in [5.41, 5.74) is 2.05. The first-order valence-electron chi connectivity index (χ1n) is 8.36. The van der Waals surface area contributed by atoms with Gasteiger partial charge >= 0.3 is 5.97 Å². The molecule has 0 fully saturated rings. The molecule has 7 nitrogen and oxygen atoms in total. The zero-order chi connectivity index (χ0) is 19.9. The number of hydrogen-bond donors (Lipinski definition) is 2. The summed E-state index contributed by atoms with van der Waals surface area (Å²) < 4.78 is 4.70. The Labute approximate surface area is 166 Å². The number of nitrogens with zero attached hydrogens (tertiary/aromatic N) is 2. The van der Waals surface area contributed by atoms with E-state index in [0.717, 1.165) is 5.56 Å². The van der Waals surface area contributed by atoms with Crippen LogP contribution in [-0.2, 0) is 11.3 Å². The molecule has 0 saturated heterocycles. The first kappa shape index (κ1) is 19.3. The highest BCUT2D eigenvalue weighted by Crippen LogP contribution is 2.17. The summed E-state index contributed by atoms with van der Waals surface area (Å²) in [7, 11) is 1.32. The van der Waals surface area contributed by atoms with E-state index < -0.39 is 5.97 Å². The molecule has 3 rings (SSSR count). The molecule has 142 valence electrons. The van der Waals surface area contributed by atoms with Crippen LogP contribution >= 0.6 is 11.6 Å². The van der Waals surface area contributed by atoms with E-state index in [-0.39, 0.29) is 11.6 Å². The fourth-order valence-corrected chi connectivity index (χ4v) is 2.61. The number of halogens is 1. The molecule has 1 aromatic heterocycles. The van der Waals surface area contributed by atoms with Crippen LogP contribution in [0.25, 0.3) is 0 Å². The Morgan fingerprint density at radius 1 is 1.07 bits per heavy atom. The first-order valence-corrected chi connectivity index (χ1v) is 8.73. The van der Waals surface area contributed by atoms with Crippen molar-refractivity contribution in [3.8, 4) is 0 Å². The van der Waals surface area contributed by atoms with E-state index in [1.54, 1.807) is 30.3 Å². The number of rotatable bonds is 6. The van der Waals surface area contributed by atoms with Crippen molar-refractivity contribution in [1.82, 2.24) is 15.3 Å².